The van der Waals surface area contributed by atoms with E-state index in [-0.39, 0.29) is 6.04 Å². The first kappa shape index (κ1) is 13.4. The SMILES string of the molecule is CC1CCC(NS(=O)(=O)c2cc(F)ccc2F)C1. The number of benzene rings is 1. The molecular formula is C12H15F2NO2S. The zero-order valence-electron chi connectivity index (χ0n) is 9.99. The van der Waals surface area contributed by atoms with Gasteiger partial charge in [0.05, 0.1) is 0 Å². The molecule has 100 valence electrons. The van der Waals surface area contributed by atoms with Crippen LogP contribution in [0.5, 0.6) is 0 Å². The van der Waals surface area contributed by atoms with E-state index < -0.39 is 26.6 Å². The molecule has 2 atom stereocenters. The van der Waals surface area contributed by atoms with Crippen molar-refractivity contribution in [1.29, 1.82) is 0 Å². The topological polar surface area (TPSA) is 46.2 Å². The molecule has 0 amide bonds. The summed E-state index contributed by atoms with van der Waals surface area (Å²) >= 11 is 0. The summed E-state index contributed by atoms with van der Waals surface area (Å²) in [6.07, 6.45) is 2.41. The summed E-state index contributed by atoms with van der Waals surface area (Å²) in [6, 6.07) is 2.23. The van der Waals surface area contributed by atoms with Gasteiger partial charge in [0.2, 0.25) is 10.0 Å². The Hall–Kier alpha value is -1.01. The quantitative estimate of drug-likeness (QED) is 0.921. The number of hydrogen-bond acceptors (Lipinski definition) is 2. The summed E-state index contributed by atoms with van der Waals surface area (Å²) in [6.45, 7) is 2.04. The number of rotatable bonds is 3. The third-order valence-electron chi connectivity index (χ3n) is 3.20. The molecule has 1 aromatic carbocycles. The Morgan fingerprint density at radius 3 is 2.61 bits per heavy atom. The van der Waals surface area contributed by atoms with Crippen molar-refractivity contribution in [3.05, 3.63) is 29.8 Å². The zero-order valence-corrected chi connectivity index (χ0v) is 10.8. The lowest BCUT2D eigenvalue weighted by atomic mass is 10.1. The van der Waals surface area contributed by atoms with Crippen molar-refractivity contribution >= 4 is 10.0 Å². The van der Waals surface area contributed by atoms with E-state index in [1.165, 1.54) is 0 Å². The average molecular weight is 275 g/mol. The van der Waals surface area contributed by atoms with E-state index in [2.05, 4.69) is 4.72 Å². The maximum absolute atomic E-state index is 13.4. The van der Waals surface area contributed by atoms with Gasteiger partial charge in [-0.25, -0.2) is 21.9 Å². The standard InChI is InChI=1S/C12H15F2NO2S/c1-8-2-4-10(6-8)15-18(16,17)12-7-9(13)3-5-11(12)14/h3,5,7-8,10,15H,2,4,6H2,1H3. The highest BCUT2D eigenvalue weighted by molar-refractivity contribution is 7.89. The van der Waals surface area contributed by atoms with Crippen LogP contribution < -0.4 is 4.72 Å². The molecular weight excluding hydrogens is 260 g/mol. The normalized spacial score (nSPS) is 24.4. The first-order chi connectivity index (χ1) is 8.38. The molecule has 18 heavy (non-hydrogen) atoms. The van der Waals surface area contributed by atoms with Crippen LogP contribution >= 0.6 is 0 Å². The molecule has 1 aromatic rings. The Morgan fingerprint density at radius 2 is 2.00 bits per heavy atom. The molecule has 0 spiro atoms. The fraction of sp³-hybridized carbons (Fsp3) is 0.500. The minimum atomic E-state index is -3.99. The predicted molar refractivity (Wildman–Crippen MR) is 63.5 cm³/mol. The van der Waals surface area contributed by atoms with Crippen molar-refractivity contribution in [2.24, 2.45) is 5.92 Å². The fourth-order valence-corrected chi connectivity index (χ4v) is 3.65. The lowest BCUT2D eigenvalue weighted by Gasteiger charge is -2.13. The number of nitrogens with one attached hydrogen (secondary N) is 1. The maximum Gasteiger partial charge on any atom is 0.243 e. The second-order valence-corrected chi connectivity index (χ2v) is 6.49. The van der Waals surface area contributed by atoms with E-state index in [1.807, 2.05) is 6.92 Å². The van der Waals surface area contributed by atoms with E-state index in [9.17, 15) is 17.2 Å². The molecule has 0 aromatic heterocycles. The Balaban J connectivity index is 2.23. The van der Waals surface area contributed by atoms with Gasteiger partial charge in [0.15, 0.2) is 0 Å². The lowest BCUT2D eigenvalue weighted by Crippen LogP contribution is -2.33. The molecule has 0 bridgehead atoms. The predicted octanol–water partition coefficient (Wildman–Crippen LogP) is 2.43. The summed E-state index contributed by atoms with van der Waals surface area (Å²) in [7, 11) is -3.99. The minimum absolute atomic E-state index is 0.187. The third-order valence-corrected chi connectivity index (χ3v) is 4.73. The number of hydrogen-bond donors (Lipinski definition) is 1. The monoisotopic (exact) mass is 275 g/mol. The van der Waals surface area contributed by atoms with Crippen LogP contribution in [0.4, 0.5) is 8.78 Å². The molecule has 1 N–H and O–H groups in total. The number of sulfonamides is 1. The third kappa shape index (κ3) is 2.87. The van der Waals surface area contributed by atoms with E-state index in [0.717, 1.165) is 31.4 Å². The van der Waals surface area contributed by atoms with Crippen molar-refractivity contribution in [3.8, 4) is 0 Å². The van der Waals surface area contributed by atoms with Gasteiger partial charge in [-0.3, -0.25) is 0 Å². The Kier molecular flexibility index (Phi) is 3.68. The van der Waals surface area contributed by atoms with Crippen LogP contribution in [0.2, 0.25) is 0 Å². The zero-order chi connectivity index (χ0) is 13.3. The van der Waals surface area contributed by atoms with Gasteiger partial charge < -0.3 is 0 Å². The molecule has 1 aliphatic carbocycles. The highest BCUT2D eigenvalue weighted by Gasteiger charge is 2.28. The van der Waals surface area contributed by atoms with Crippen molar-refractivity contribution in [2.45, 2.75) is 37.1 Å². The van der Waals surface area contributed by atoms with Crippen LogP contribution in [-0.2, 0) is 10.0 Å². The van der Waals surface area contributed by atoms with E-state index in [1.54, 1.807) is 0 Å². The molecule has 1 fully saturated rings. The van der Waals surface area contributed by atoms with Gasteiger partial charge in [-0.05, 0) is 43.4 Å². The van der Waals surface area contributed by atoms with Crippen molar-refractivity contribution in [2.75, 3.05) is 0 Å². The van der Waals surface area contributed by atoms with Crippen LogP contribution in [0, 0.1) is 17.6 Å². The van der Waals surface area contributed by atoms with E-state index in [4.69, 9.17) is 0 Å². The largest absolute Gasteiger partial charge is 0.243 e. The van der Waals surface area contributed by atoms with Crippen LogP contribution in [0.1, 0.15) is 26.2 Å². The highest BCUT2D eigenvalue weighted by atomic mass is 32.2. The molecule has 2 unspecified atom stereocenters. The minimum Gasteiger partial charge on any atom is -0.208 e. The molecule has 2 rings (SSSR count). The van der Waals surface area contributed by atoms with Gasteiger partial charge in [-0.15, -0.1) is 0 Å². The van der Waals surface area contributed by atoms with E-state index >= 15 is 0 Å². The first-order valence-corrected chi connectivity index (χ1v) is 7.34. The molecule has 0 saturated heterocycles. The van der Waals surface area contributed by atoms with Gasteiger partial charge in [-0.2, -0.15) is 0 Å². The smallest absolute Gasteiger partial charge is 0.208 e. The van der Waals surface area contributed by atoms with Crippen LogP contribution in [0.25, 0.3) is 0 Å². The summed E-state index contributed by atoms with van der Waals surface area (Å²) in [5.74, 6) is -1.25. The van der Waals surface area contributed by atoms with Crippen LogP contribution in [0.15, 0.2) is 23.1 Å². The Morgan fingerprint density at radius 1 is 1.28 bits per heavy atom. The molecule has 0 radical (unpaired) electrons. The number of halogens is 2. The van der Waals surface area contributed by atoms with E-state index in [0.29, 0.717) is 12.0 Å². The first-order valence-electron chi connectivity index (χ1n) is 5.86. The molecule has 0 aliphatic heterocycles. The summed E-state index contributed by atoms with van der Waals surface area (Å²) in [5, 5.41) is 0. The molecule has 1 aliphatic rings. The van der Waals surface area contributed by atoms with Gasteiger partial charge in [0.25, 0.3) is 0 Å². The van der Waals surface area contributed by atoms with Gasteiger partial charge in [-0.1, -0.05) is 6.92 Å². The second kappa shape index (κ2) is 4.93. The molecule has 3 nitrogen and oxygen atoms in total. The van der Waals surface area contributed by atoms with Crippen LogP contribution in [-0.4, -0.2) is 14.5 Å². The van der Waals surface area contributed by atoms with Crippen molar-refractivity contribution in [3.63, 3.8) is 0 Å². The van der Waals surface area contributed by atoms with Gasteiger partial charge >= 0.3 is 0 Å². The fourth-order valence-electron chi connectivity index (χ4n) is 2.28. The van der Waals surface area contributed by atoms with Gasteiger partial charge in [0, 0.05) is 6.04 Å². The highest BCUT2D eigenvalue weighted by Crippen LogP contribution is 2.26. The molecule has 1 saturated carbocycles. The summed E-state index contributed by atoms with van der Waals surface area (Å²) < 4.78 is 52.8. The molecule has 0 heterocycles. The van der Waals surface area contributed by atoms with Gasteiger partial charge in [0.1, 0.15) is 16.5 Å². The van der Waals surface area contributed by atoms with Crippen LogP contribution in [0.3, 0.4) is 0 Å². The summed E-state index contributed by atoms with van der Waals surface area (Å²) in [4.78, 5) is -0.623. The molecule has 6 heteroatoms. The second-order valence-electron chi connectivity index (χ2n) is 4.81. The lowest BCUT2D eigenvalue weighted by molar-refractivity contribution is 0.523. The maximum atomic E-state index is 13.4. The average Bonchev–Trinajstić information content (AvgIpc) is 2.66. The summed E-state index contributed by atoms with van der Waals surface area (Å²) in [5.41, 5.74) is 0. The Labute approximate surface area is 105 Å². The van der Waals surface area contributed by atoms with Crippen molar-refractivity contribution < 1.29 is 17.2 Å². The Bertz CT molecular complexity index is 545. The van der Waals surface area contributed by atoms with Crippen molar-refractivity contribution in [1.82, 2.24) is 4.72 Å².